The quantitative estimate of drug-likeness (QED) is 0.320. The van der Waals surface area contributed by atoms with Crippen molar-refractivity contribution in [3.63, 3.8) is 0 Å². The highest BCUT2D eigenvalue weighted by Gasteiger charge is 2.26. The van der Waals surface area contributed by atoms with Crippen LogP contribution in [-0.4, -0.2) is 43.6 Å². The van der Waals surface area contributed by atoms with Gasteiger partial charge in [0, 0.05) is 31.3 Å². The normalized spacial score (nSPS) is 15.5. The minimum Gasteiger partial charge on any atom is -0.402 e. The van der Waals surface area contributed by atoms with Gasteiger partial charge >= 0.3 is 5.97 Å². The maximum absolute atomic E-state index is 12.3. The molecule has 29 heavy (non-hydrogen) atoms. The van der Waals surface area contributed by atoms with Crippen LogP contribution in [0.3, 0.4) is 0 Å². The summed E-state index contributed by atoms with van der Waals surface area (Å²) in [4.78, 5) is 26.9. The summed E-state index contributed by atoms with van der Waals surface area (Å²) >= 11 is 0. The number of hydrogen-bond donors (Lipinski definition) is 0. The smallest absolute Gasteiger partial charge is 0.363 e. The van der Waals surface area contributed by atoms with Gasteiger partial charge in [0.05, 0.1) is 9.82 Å². The van der Waals surface area contributed by atoms with Crippen molar-refractivity contribution in [1.29, 1.82) is 0 Å². The minimum absolute atomic E-state index is 0.0327. The molecule has 0 radical (unpaired) electrons. The molecule has 0 spiro atoms. The monoisotopic (exact) mass is 415 g/mol. The van der Waals surface area contributed by atoms with Crippen LogP contribution in [0.2, 0.25) is 0 Å². The molecule has 2 aromatic carbocycles. The number of aliphatic imine (C=N–C) groups is 1. The molecule has 0 N–H and O–H groups in total. The molecule has 0 aromatic heterocycles. The molecular weight excluding hydrogens is 398 g/mol. The molecule has 0 aliphatic carbocycles. The summed E-state index contributed by atoms with van der Waals surface area (Å²) < 4.78 is 30.8. The predicted octanol–water partition coefficient (Wildman–Crippen LogP) is 2.50. The second-order valence-electron chi connectivity index (χ2n) is 6.45. The summed E-state index contributed by atoms with van der Waals surface area (Å²) in [5.74, 6) is -0.775. The third-order valence-corrected chi connectivity index (χ3v) is 6.02. The molecule has 0 bridgehead atoms. The standard InChI is InChI=1S/C19H17N3O6S/c1-12-7-8-13(10-17(12)22(24)25)9-16-19(23)28-18(20-16)14-5-4-6-15(11-14)29(26,27)21(2)3/h4-11H,1-3H3/b16-9-. The van der Waals surface area contributed by atoms with Crippen LogP contribution in [-0.2, 0) is 19.6 Å². The van der Waals surface area contributed by atoms with Gasteiger partial charge in [-0.15, -0.1) is 0 Å². The number of ether oxygens (including phenoxy) is 1. The maximum atomic E-state index is 12.3. The molecule has 0 amide bonds. The number of cyclic esters (lactones) is 1. The molecule has 1 heterocycles. The van der Waals surface area contributed by atoms with Gasteiger partial charge in [-0.05, 0) is 36.8 Å². The average molecular weight is 415 g/mol. The van der Waals surface area contributed by atoms with Crippen LogP contribution in [0.4, 0.5) is 5.69 Å². The van der Waals surface area contributed by atoms with Gasteiger partial charge in [0.15, 0.2) is 5.70 Å². The lowest BCUT2D eigenvalue weighted by Gasteiger charge is -2.11. The van der Waals surface area contributed by atoms with Gasteiger partial charge in [-0.3, -0.25) is 10.1 Å². The van der Waals surface area contributed by atoms with E-state index in [-0.39, 0.29) is 22.2 Å². The first-order valence-electron chi connectivity index (χ1n) is 8.40. The van der Waals surface area contributed by atoms with Crippen LogP contribution < -0.4 is 0 Å². The zero-order chi connectivity index (χ0) is 21.3. The lowest BCUT2D eigenvalue weighted by Crippen LogP contribution is -2.22. The SMILES string of the molecule is Cc1ccc(/C=C2\N=C(c3cccc(S(=O)(=O)N(C)C)c3)OC2=O)cc1[N+](=O)[O-]. The summed E-state index contributed by atoms with van der Waals surface area (Å²) in [6, 6.07) is 10.4. The third-order valence-electron chi connectivity index (χ3n) is 4.21. The van der Waals surface area contributed by atoms with E-state index in [1.807, 2.05) is 0 Å². The predicted molar refractivity (Wildman–Crippen MR) is 106 cm³/mol. The van der Waals surface area contributed by atoms with Crippen molar-refractivity contribution >= 4 is 33.7 Å². The van der Waals surface area contributed by atoms with Crippen LogP contribution in [0.5, 0.6) is 0 Å². The number of nitro groups is 1. The van der Waals surface area contributed by atoms with Gasteiger partial charge in [0.1, 0.15) is 0 Å². The van der Waals surface area contributed by atoms with E-state index >= 15 is 0 Å². The lowest BCUT2D eigenvalue weighted by molar-refractivity contribution is -0.385. The highest BCUT2D eigenvalue weighted by atomic mass is 32.2. The Morgan fingerprint density at radius 2 is 1.90 bits per heavy atom. The minimum atomic E-state index is -3.66. The van der Waals surface area contributed by atoms with Gasteiger partial charge in [0.25, 0.3) is 5.69 Å². The van der Waals surface area contributed by atoms with Crippen LogP contribution in [0, 0.1) is 17.0 Å². The number of nitro benzene ring substituents is 1. The van der Waals surface area contributed by atoms with Crippen LogP contribution in [0.25, 0.3) is 6.08 Å². The van der Waals surface area contributed by atoms with Gasteiger partial charge in [-0.1, -0.05) is 18.2 Å². The molecule has 2 aromatic rings. The van der Waals surface area contributed by atoms with E-state index in [0.717, 1.165) is 4.31 Å². The summed E-state index contributed by atoms with van der Waals surface area (Å²) in [6.45, 7) is 1.61. The number of aryl methyl sites for hydroxylation is 1. The molecule has 0 unspecified atom stereocenters. The summed E-state index contributed by atoms with van der Waals surface area (Å²) in [5.41, 5.74) is 1.12. The van der Waals surface area contributed by atoms with Crippen LogP contribution in [0.15, 0.2) is 58.0 Å². The molecule has 1 aliphatic rings. The average Bonchev–Trinajstić information content (AvgIpc) is 3.03. The molecule has 1 aliphatic heterocycles. The topological polar surface area (TPSA) is 119 Å². The molecule has 0 saturated heterocycles. The van der Waals surface area contributed by atoms with Gasteiger partial charge in [-0.25, -0.2) is 22.5 Å². The van der Waals surface area contributed by atoms with E-state index in [1.54, 1.807) is 25.1 Å². The van der Waals surface area contributed by atoms with E-state index in [1.165, 1.54) is 44.4 Å². The Hall–Kier alpha value is -3.37. The van der Waals surface area contributed by atoms with E-state index in [4.69, 9.17) is 4.74 Å². The zero-order valence-electron chi connectivity index (χ0n) is 15.8. The Kier molecular flexibility index (Phi) is 5.31. The molecular formula is C19H17N3O6S. The molecule has 0 fully saturated rings. The van der Waals surface area contributed by atoms with Crippen molar-refractivity contribution < 1.29 is 22.9 Å². The fraction of sp³-hybridized carbons (Fsp3) is 0.158. The molecule has 3 rings (SSSR count). The van der Waals surface area contributed by atoms with Crippen molar-refractivity contribution in [2.75, 3.05) is 14.1 Å². The second-order valence-corrected chi connectivity index (χ2v) is 8.61. The van der Waals surface area contributed by atoms with Crippen molar-refractivity contribution in [1.82, 2.24) is 4.31 Å². The zero-order valence-corrected chi connectivity index (χ0v) is 16.6. The number of nitrogens with zero attached hydrogens (tertiary/aromatic N) is 3. The number of carbonyl (C=O) groups excluding carboxylic acids is 1. The van der Waals surface area contributed by atoms with Crippen molar-refractivity contribution in [2.45, 2.75) is 11.8 Å². The van der Waals surface area contributed by atoms with E-state index in [9.17, 15) is 23.3 Å². The highest BCUT2D eigenvalue weighted by Crippen LogP contribution is 2.24. The summed E-state index contributed by atoms with van der Waals surface area (Å²) in [5, 5.41) is 11.1. The number of sulfonamides is 1. The molecule has 0 atom stereocenters. The molecule has 9 nitrogen and oxygen atoms in total. The Labute approximate surface area is 167 Å². The fourth-order valence-electron chi connectivity index (χ4n) is 2.60. The van der Waals surface area contributed by atoms with Crippen molar-refractivity contribution in [3.8, 4) is 0 Å². The lowest BCUT2D eigenvalue weighted by atomic mass is 10.1. The largest absolute Gasteiger partial charge is 0.402 e. The van der Waals surface area contributed by atoms with Crippen molar-refractivity contribution in [3.05, 3.63) is 75.0 Å². The van der Waals surface area contributed by atoms with E-state index in [0.29, 0.717) is 16.7 Å². The number of hydrogen-bond acceptors (Lipinski definition) is 7. The van der Waals surface area contributed by atoms with Gasteiger partial charge in [-0.2, -0.15) is 0 Å². The molecule has 0 saturated carbocycles. The Balaban J connectivity index is 1.98. The second kappa shape index (κ2) is 7.57. The first-order chi connectivity index (χ1) is 13.6. The van der Waals surface area contributed by atoms with Crippen LogP contribution >= 0.6 is 0 Å². The van der Waals surface area contributed by atoms with Crippen LogP contribution in [0.1, 0.15) is 16.7 Å². The number of esters is 1. The fourth-order valence-corrected chi connectivity index (χ4v) is 3.55. The summed E-state index contributed by atoms with van der Waals surface area (Å²) in [6.07, 6.45) is 1.38. The molecule has 10 heteroatoms. The molecule has 150 valence electrons. The first-order valence-corrected chi connectivity index (χ1v) is 9.84. The summed E-state index contributed by atoms with van der Waals surface area (Å²) in [7, 11) is -0.835. The maximum Gasteiger partial charge on any atom is 0.363 e. The first kappa shape index (κ1) is 20.4. The van der Waals surface area contributed by atoms with Crippen molar-refractivity contribution in [2.24, 2.45) is 4.99 Å². The Morgan fingerprint density at radius 3 is 2.55 bits per heavy atom. The van der Waals surface area contributed by atoms with Gasteiger partial charge < -0.3 is 4.74 Å². The number of rotatable bonds is 5. The third kappa shape index (κ3) is 4.08. The van der Waals surface area contributed by atoms with E-state index < -0.39 is 20.9 Å². The highest BCUT2D eigenvalue weighted by molar-refractivity contribution is 7.89. The van der Waals surface area contributed by atoms with E-state index in [2.05, 4.69) is 4.99 Å². The number of carbonyl (C=O) groups is 1. The van der Waals surface area contributed by atoms with Gasteiger partial charge in [0.2, 0.25) is 15.9 Å². The Bertz CT molecular complexity index is 1180. The Morgan fingerprint density at radius 1 is 1.17 bits per heavy atom. The number of benzene rings is 2.